The number of thiazole rings is 1. The van der Waals surface area contributed by atoms with Gasteiger partial charge in [0, 0.05) is 25.6 Å². The number of aromatic nitrogens is 1. The van der Waals surface area contributed by atoms with Gasteiger partial charge in [0.1, 0.15) is 6.61 Å². The van der Waals surface area contributed by atoms with Crippen LogP contribution >= 0.6 is 11.3 Å². The molecule has 1 atom stereocenters. The van der Waals surface area contributed by atoms with Crippen molar-refractivity contribution < 1.29 is 14.3 Å². The summed E-state index contributed by atoms with van der Waals surface area (Å²) in [5.74, 6) is -0.293. The lowest BCUT2D eigenvalue weighted by atomic mass is 9.97. The number of carbonyl (C=O) groups is 2. The number of likely N-dealkylation sites (tertiary alicyclic amines) is 1. The Hall–Kier alpha value is -1.47. The first kappa shape index (κ1) is 14.9. The van der Waals surface area contributed by atoms with Crippen LogP contribution in [0.2, 0.25) is 0 Å². The SMILES string of the molecule is COCC(=O)N1CCCC(C(=O)Nc2nc(C)cs2)C1. The van der Waals surface area contributed by atoms with Crippen LogP contribution in [-0.2, 0) is 14.3 Å². The van der Waals surface area contributed by atoms with Crippen LogP contribution in [0.25, 0.3) is 0 Å². The molecule has 1 N–H and O–H groups in total. The fourth-order valence-electron chi connectivity index (χ4n) is 2.25. The Bertz CT molecular complexity index is 489. The van der Waals surface area contributed by atoms with Gasteiger partial charge in [-0.1, -0.05) is 0 Å². The summed E-state index contributed by atoms with van der Waals surface area (Å²) in [6.45, 7) is 3.11. The zero-order chi connectivity index (χ0) is 14.5. The average molecular weight is 297 g/mol. The van der Waals surface area contributed by atoms with Gasteiger partial charge in [0.15, 0.2) is 5.13 Å². The molecule has 2 amide bonds. The van der Waals surface area contributed by atoms with E-state index in [9.17, 15) is 9.59 Å². The third-order valence-corrected chi connectivity index (χ3v) is 4.14. The van der Waals surface area contributed by atoms with Crippen LogP contribution in [0, 0.1) is 12.8 Å². The molecule has 1 unspecified atom stereocenters. The van der Waals surface area contributed by atoms with Gasteiger partial charge in [-0.3, -0.25) is 9.59 Å². The van der Waals surface area contributed by atoms with Crippen molar-refractivity contribution in [1.82, 2.24) is 9.88 Å². The van der Waals surface area contributed by atoms with E-state index in [1.54, 1.807) is 4.90 Å². The normalized spacial score (nSPS) is 18.9. The standard InChI is InChI=1S/C13H19N3O3S/c1-9-8-20-13(14-9)15-12(18)10-4-3-5-16(6-10)11(17)7-19-2/h8,10H,3-7H2,1-2H3,(H,14,15,18). The molecular weight excluding hydrogens is 278 g/mol. The van der Waals surface area contributed by atoms with Crippen LogP contribution in [0.1, 0.15) is 18.5 Å². The molecule has 1 aliphatic rings. The minimum absolute atomic E-state index is 0.0601. The van der Waals surface area contributed by atoms with E-state index in [1.165, 1.54) is 18.4 Å². The Morgan fingerprint density at radius 3 is 3.05 bits per heavy atom. The second kappa shape index (κ2) is 6.81. The molecule has 0 aliphatic carbocycles. The number of anilines is 1. The van der Waals surface area contributed by atoms with Crippen molar-refractivity contribution >= 4 is 28.3 Å². The molecule has 1 aromatic rings. The molecule has 1 saturated heterocycles. The number of methoxy groups -OCH3 is 1. The van der Waals surface area contributed by atoms with Crippen LogP contribution in [-0.4, -0.2) is 48.5 Å². The van der Waals surface area contributed by atoms with E-state index < -0.39 is 0 Å². The third-order valence-electron chi connectivity index (χ3n) is 3.26. The molecule has 0 bridgehead atoms. The van der Waals surface area contributed by atoms with E-state index in [0.717, 1.165) is 18.5 Å². The van der Waals surface area contributed by atoms with Crippen LogP contribution in [0.15, 0.2) is 5.38 Å². The topological polar surface area (TPSA) is 71.5 Å². The van der Waals surface area contributed by atoms with Gasteiger partial charge in [0.25, 0.3) is 0 Å². The van der Waals surface area contributed by atoms with E-state index in [1.807, 2.05) is 12.3 Å². The van der Waals surface area contributed by atoms with Crippen LogP contribution < -0.4 is 5.32 Å². The van der Waals surface area contributed by atoms with Crippen LogP contribution in [0.3, 0.4) is 0 Å². The van der Waals surface area contributed by atoms with Crippen molar-refractivity contribution in [3.63, 3.8) is 0 Å². The number of hydrogen-bond acceptors (Lipinski definition) is 5. The van der Waals surface area contributed by atoms with Crippen molar-refractivity contribution in [3.8, 4) is 0 Å². The van der Waals surface area contributed by atoms with E-state index in [0.29, 0.717) is 18.2 Å². The summed E-state index contributed by atoms with van der Waals surface area (Å²) in [6, 6.07) is 0. The van der Waals surface area contributed by atoms with E-state index in [2.05, 4.69) is 10.3 Å². The number of nitrogens with one attached hydrogen (secondary N) is 1. The highest BCUT2D eigenvalue weighted by molar-refractivity contribution is 7.13. The maximum atomic E-state index is 12.2. The fourth-order valence-corrected chi connectivity index (χ4v) is 2.94. The van der Waals surface area contributed by atoms with Crippen LogP contribution in [0.4, 0.5) is 5.13 Å². The first-order valence-electron chi connectivity index (χ1n) is 6.60. The van der Waals surface area contributed by atoms with Crippen molar-refractivity contribution in [2.45, 2.75) is 19.8 Å². The predicted molar refractivity (Wildman–Crippen MR) is 76.7 cm³/mol. The second-order valence-electron chi connectivity index (χ2n) is 4.90. The van der Waals surface area contributed by atoms with Gasteiger partial charge in [0.2, 0.25) is 11.8 Å². The number of rotatable bonds is 4. The average Bonchev–Trinajstić information content (AvgIpc) is 2.84. The maximum absolute atomic E-state index is 12.2. The number of ether oxygens (including phenoxy) is 1. The van der Waals surface area contributed by atoms with Crippen molar-refractivity contribution in [1.29, 1.82) is 0 Å². The summed E-state index contributed by atoms with van der Waals surface area (Å²) in [7, 11) is 1.50. The van der Waals surface area contributed by atoms with Gasteiger partial charge >= 0.3 is 0 Å². The van der Waals surface area contributed by atoms with E-state index in [4.69, 9.17) is 4.74 Å². The maximum Gasteiger partial charge on any atom is 0.248 e. The summed E-state index contributed by atoms with van der Waals surface area (Å²) >= 11 is 1.41. The Labute approximate surface area is 122 Å². The number of nitrogens with zero attached hydrogens (tertiary/aromatic N) is 2. The van der Waals surface area contributed by atoms with Gasteiger partial charge in [-0.25, -0.2) is 4.98 Å². The molecule has 110 valence electrons. The van der Waals surface area contributed by atoms with Crippen molar-refractivity contribution in [3.05, 3.63) is 11.1 Å². The lowest BCUT2D eigenvalue weighted by Gasteiger charge is -2.31. The molecular formula is C13H19N3O3S. The molecule has 0 saturated carbocycles. The predicted octanol–water partition coefficient (Wildman–Crippen LogP) is 1.28. The molecule has 20 heavy (non-hydrogen) atoms. The Balaban J connectivity index is 1.91. The Morgan fingerprint density at radius 2 is 2.40 bits per heavy atom. The fraction of sp³-hybridized carbons (Fsp3) is 0.615. The third kappa shape index (κ3) is 3.77. The first-order chi connectivity index (χ1) is 9.60. The van der Waals surface area contributed by atoms with Gasteiger partial charge < -0.3 is 15.0 Å². The summed E-state index contributed by atoms with van der Waals surface area (Å²) < 4.78 is 4.85. The lowest BCUT2D eigenvalue weighted by Crippen LogP contribution is -2.45. The van der Waals surface area contributed by atoms with Gasteiger partial charge in [-0.15, -0.1) is 11.3 Å². The zero-order valence-corrected chi connectivity index (χ0v) is 12.5. The molecule has 2 heterocycles. The summed E-state index contributed by atoms with van der Waals surface area (Å²) in [5, 5.41) is 5.34. The highest BCUT2D eigenvalue weighted by Crippen LogP contribution is 2.20. The molecule has 1 fully saturated rings. The Kier molecular flexibility index (Phi) is 5.08. The zero-order valence-electron chi connectivity index (χ0n) is 11.7. The number of carbonyl (C=O) groups excluding carboxylic acids is 2. The molecule has 0 aromatic carbocycles. The smallest absolute Gasteiger partial charge is 0.248 e. The lowest BCUT2D eigenvalue weighted by molar-refractivity contribution is -0.138. The van der Waals surface area contributed by atoms with Gasteiger partial charge in [-0.05, 0) is 19.8 Å². The number of piperidine rings is 1. The number of amides is 2. The highest BCUT2D eigenvalue weighted by Gasteiger charge is 2.28. The van der Waals surface area contributed by atoms with E-state index >= 15 is 0 Å². The molecule has 2 rings (SSSR count). The molecule has 1 aromatic heterocycles. The summed E-state index contributed by atoms with van der Waals surface area (Å²) in [6.07, 6.45) is 1.64. The van der Waals surface area contributed by atoms with Crippen molar-refractivity contribution in [2.24, 2.45) is 5.92 Å². The molecule has 7 heteroatoms. The van der Waals surface area contributed by atoms with Gasteiger partial charge in [-0.2, -0.15) is 0 Å². The molecule has 0 radical (unpaired) electrons. The minimum atomic E-state index is -0.172. The summed E-state index contributed by atoms with van der Waals surface area (Å²) in [4.78, 5) is 29.9. The summed E-state index contributed by atoms with van der Waals surface area (Å²) in [5.41, 5.74) is 0.894. The van der Waals surface area contributed by atoms with Crippen LogP contribution in [0.5, 0.6) is 0 Å². The first-order valence-corrected chi connectivity index (χ1v) is 7.48. The van der Waals surface area contributed by atoms with Gasteiger partial charge in [0.05, 0.1) is 11.6 Å². The highest BCUT2D eigenvalue weighted by atomic mass is 32.1. The molecule has 0 spiro atoms. The number of hydrogen-bond donors (Lipinski definition) is 1. The Morgan fingerprint density at radius 1 is 1.60 bits per heavy atom. The molecule has 6 nitrogen and oxygen atoms in total. The quantitative estimate of drug-likeness (QED) is 0.908. The largest absolute Gasteiger partial charge is 0.375 e. The van der Waals surface area contributed by atoms with E-state index in [-0.39, 0.29) is 24.3 Å². The minimum Gasteiger partial charge on any atom is -0.375 e. The number of aryl methyl sites for hydroxylation is 1. The molecule has 1 aliphatic heterocycles. The monoisotopic (exact) mass is 297 g/mol. The second-order valence-corrected chi connectivity index (χ2v) is 5.75. The van der Waals surface area contributed by atoms with Crippen molar-refractivity contribution in [2.75, 3.05) is 32.1 Å².